The van der Waals surface area contributed by atoms with Crippen LogP contribution in [0.15, 0.2) is 27.8 Å². The molecule has 0 amide bonds. The molecule has 32 heavy (non-hydrogen) atoms. The molecule has 3 aromatic rings. The SMILES string of the molecule is Cc1nc2c(c(-c3cc([N+](=O)[O-])ccc3Cl)c1C(=O)CCCCCl)c(=O)n(C)c(=O)n2C. The Morgan fingerprint density at radius 2 is 1.88 bits per heavy atom. The summed E-state index contributed by atoms with van der Waals surface area (Å²) in [5.74, 6) is 0.101. The number of unbranched alkanes of at least 4 members (excludes halogenated alkanes) is 1. The van der Waals surface area contributed by atoms with E-state index in [1.54, 1.807) is 6.92 Å². The van der Waals surface area contributed by atoms with Crippen molar-refractivity contribution >= 4 is 45.7 Å². The fourth-order valence-corrected chi connectivity index (χ4v) is 4.04. The van der Waals surface area contributed by atoms with Crippen molar-refractivity contribution in [3.05, 3.63) is 65.4 Å². The number of hydrogen-bond donors (Lipinski definition) is 0. The molecule has 1 aromatic carbocycles. The average Bonchev–Trinajstić information content (AvgIpc) is 2.75. The number of hydrogen-bond acceptors (Lipinski definition) is 6. The lowest BCUT2D eigenvalue weighted by molar-refractivity contribution is -0.384. The third kappa shape index (κ3) is 4.05. The minimum Gasteiger partial charge on any atom is -0.294 e. The molecule has 0 saturated heterocycles. The van der Waals surface area contributed by atoms with Crippen LogP contribution in [0.3, 0.4) is 0 Å². The van der Waals surface area contributed by atoms with Crippen molar-refractivity contribution in [3.8, 4) is 11.1 Å². The Morgan fingerprint density at radius 1 is 1.19 bits per heavy atom. The number of halogens is 2. The van der Waals surface area contributed by atoms with Gasteiger partial charge in [0.2, 0.25) is 0 Å². The van der Waals surface area contributed by atoms with Gasteiger partial charge in [-0.1, -0.05) is 11.6 Å². The van der Waals surface area contributed by atoms with Crippen LogP contribution < -0.4 is 11.2 Å². The van der Waals surface area contributed by atoms with Crippen molar-refractivity contribution in [2.24, 2.45) is 14.1 Å². The smallest absolute Gasteiger partial charge is 0.294 e. The minimum atomic E-state index is -0.678. The highest BCUT2D eigenvalue weighted by Crippen LogP contribution is 2.38. The van der Waals surface area contributed by atoms with Crippen molar-refractivity contribution in [3.63, 3.8) is 0 Å². The molecule has 0 aliphatic rings. The topological polar surface area (TPSA) is 117 Å². The highest BCUT2D eigenvalue weighted by molar-refractivity contribution is 6.34. The van der Waals surface area contributed by atoms with E-state index in [0.29, 0.717) is 18.7 Å². The standard InChI is InChI=1S/C21H20Cl2N4O5/c1-11-16(15(28)6-4-5-9-22)17(13-10-12(27(31)32)7-8-14(13)23)18-19(24-11)25(2)21(30)26(3)20(18)29/h7-8,10H,4-6,9H2,1-3H3. The van der Waals surface area contributed by atoms with Gasteiger partial charge in [-0.2, -0.15) is 0 Å². The molecule has 0 aliphatic heterocycles. The summed E-state index contributed by atoms with van der Waals surface area (Å²) in [6, 6.07) is 3.79. The number of rotatable bonds is 7. The average molecular weight is 479 g/mol. The van der Waals surface area contributed by atoms with Crippen LogP contribution in [0.2, 0.25) is 5.02 Å². The van der Waals surface area contributed by atoms with Gasteiger partial charge >= 0.3 is 5.69 Å². The third-order valence-corrected chi connectivity index (χ3v) is 5.86. The number of aromatic nitrogens is 3. The minimum absolute atomic E-state index is 0.0108. The quantitative estimate of drug-likeness (QED) is 0.168. The number of aryl methyl sites for hydroxylation is 2. The van der Waals surface area contributed by atoms with E-state index < -0.39 is 16.2 Å². The van der Waals surface area contributed by atoms with Crippen molar-refractivity contribution in [2.45, 2.75) is 26.2 Å². The maximum absolute atomic E-state index is 13.2. The molecule has 0 radical (unpaired) electrons. The number of fused-ring (bicyclic) bond motifs is 1. The molecule has 9 nitrogen and oxygen atoms in total. The van der Waals surface area contributed by atoms with Gasteiger partial charge in [-0.05, 0) is 25.8 Å². The normalized spacial score (nSPS) is 11.2. The van der Waals surface area contributed by atoms with Gasteiger partial charge in [0.05, 0.1) is 16.0 Å². The molecule has 3 rings (SSSR count). The highest BCUT2D eigenvalue weighted by atomic mass is 35.5. The molecule has 0 saturated carbocycles. The molecule has 2 aromatic heterocycles. The Labute approximate surface area is 192 Å². The summed E-state index contributed by atoms with van der Waals surface area (Å²) in [5, 5.41) is 11.5. The fourth-order valence-electron chi connectivity index (χ4n) is 3.64. The second-order valence-electron chi connectivity index (χ2n) is 7.34. The van der Waals surface area contributed by atoms with Gasteiger partial charge in [0.25, 0.3) is 11.2 Å². The van der Waals surface area contributed by atoms with E-state index in [2.05, 4.69) is 4.98 Å². The number of carbonyl (C=O) groups is 1. The largest absolute Gasteiger partial charge is 0.332 e. The van der Waals surface area contributed by atoms with E-state index in [0.717, 1.165) is 4.57 Å². The number of Topliss-reactive ketones (excluding diaryl/α,β-unsaturated/α-hetero) is 1. The lowest BCUT2D eigenvalue weighted by Gasteiger charge is -2.17. The first-order chi connectivity index (χ1) is 15.1. The molecule has 0 bridgehead atoms. The van der Waals surface area contributed by atoms with E-state index in [-0.39, 0.29) is 56.3 Å². The molecular weight excluding hydrogens is 459 g/mol. The zero-order valence-electron chi connectivity index (χ0n) is 17.6. The Kier molecular flexibility index (Phi) is 6.80. The van der Waals surface area contributed by atoms with Crippen LogP contribution in [0.1, 0.15) is 35.3 Å². The van der Waals surface area contributed by atoms with Gasteiger partial charge in [-0.15, -0.1) is 11.6 Å². The number of nitro benzene ring substituents is 1. The molecule has 168 valence electrons. The summed E-state index contributed by atoms with van der Waals surface area (Å²) in [6.07, 6.45) is 1.29. The van der Waals surface area contributed by atoms with E-state index in [1.165, 1.54) is 36.9 Å². The molecule has 0 aliphatic carbocycles. The second-order valence-corrected chi connectivity index (χ2v) is 8.13. The first-order valence-corrected chi connectivity index (χ1v) is 10.6. The van der Waals surface area contributed by atoms with Crippen LogP contribution >= 0.6 is 23.2 Å². The maximum atomic E-state index is 13.2. The Bertz CT molecular complexity index is 1380. The summed E-state index contributed by atoms with van der Waals surface area (Å²) in [5.41, 5.74) is -0.755. The van der Waals surface area contributed by atoms with Gasteiger partial charge in [0, 0.05) is 60.2 Å². The third-order valence-electron chi connectivity index (χ3n) is 5.27. The number of non-ortho nitro benzene ring substituents is 1. The monoisotopic (exact) mass is 478 g/mol. The molecule has 0 N–H and O–H groups in total. The number of benzene rings is 1. The van der Waals surface area contributed by atoms with Crippen LogP contribution in [-0.2, 0) is 14.1 Å². The Balaban J connectivity index is 2.53. The number of nitro groups is 1. The first kappa shape index (κ1) is 23.6. The van der Waals surface area contributed by atoms with Crippen LogP contribution in [0.25, 0.3) is 22.2 Å². The predicted octanol–water partition coefficient (Wildman–Crippen LogP) is 3.76. The lowest BCUT2D eigenvalue weighted by Crippen LogP contribution is -2.38. The number of alkyl halides is 1. The molecule has 0 unspecified atom stereocenters. The lowest BCUT2D eigenvalue weighted by atomic mass is 9.91. The zero-order chi connectivity index (χ0) is 23.7. The van der Waals surface area contributed by atoms with Crippen molar-refractivity contribution in [1.29, 1.82) is 0 Å². The Hall–Kier alpha value is -3.04. The highest BCUT2D eigenvalue weighted by Gasteiger charge is 2.26. The number of carbonyl (C=O) groups excluding carboxylic acids is 1. The molecule has 2 heterocycles. The molecule has 0 atom stereocenters. The van der Waals surface area contributed by atoms with Gasteiger partial charge in [-0.25, -0.2) is 9.78 Å². The van der Waals surface area contributed by atoms with E-state index in [9.17, 15) is 24.5 Å². The fraction of sp³-hybridized carbons (Fsp3) is 0.333. The van der Waals surface area contributed by atoms with Crippen LogP contribution in [-0.4, -0.2) is 30.7 Å². The van der Waals surface area contributed by atoms with Crippen molar-refractivity contribution < 1.29 is 9.72 Å². The number of ketones is 1. The van der Waals surface area contributed by atoms with E-state index in [4.69, 9.17) is 23.2 Å². The summed E-state index contributed by atoms with van der Waals surface area (Å²) in [7, 11) is 2.77. The maximum Gasteiger partial charge on any atom is 0.332 e. The molecular formula is C21H20Cl2N4O5. The Morgan fingerprint density at radius 3 is 2.50 bits per heavy atom. The summed E-state index contributed by atoms with van der Waals surface area (Å²) in [6.45, 7) is 1.59. The number of nitrogens with zero attached hydrogens (tertiary/aromatic N) is 4. The second kappa shape index (κ2) is 9.22. The summed E-state index contributed by atoms with van der Waals surface area (Å²) >= 11 is 12.1. The predicted molar refractivity (Wildman–Crippen MR) is 123 cm³/mol. The first-order valence-electron chi connectivity index (χ1n) is 9.74. The van der Waals surface area contributed by atoms with Crippen molar-refractivity contribution in [2.75, 3.05) is 5.88 Å². The number of pyridine rings is 1. The molecule has 11 heteroatoms. The summed E-state index contributed by atoms with van der Waals surface area (Å²) < 4.78 is 2.09. The zero-order valence-corrected chi connectivity index (χ0v) is 19.2. The molecule has 0 spiro atoms. The van der Waals surface area contributed by atoms with Gasteiger partial charge in [0.15, 0.2) is 5.78 Å². The van der Waals surface area contributed by atoms with Crippen LogP contribution in [0.5, 0.6) is 0 Å². The van der Waals surface area contributed by atoms with E-state index >= 15 is 0 Å². The van der Waals surface area contributed by atoms with Gasteiger partial charge in [0.1, 0.15) is 5.65 Å². The van der Waals surface area contributed by atoms with Gasteiger partial charge < -0.3 is 0 Å². The van der Waals surface area contributed by atoms with Gasteiger partial charge in [-0.3, -0.25) is 28.8 Å². The van der Waals surface area contributed by atoms with Crippen LogP contribution in [0.4, 0.5) is 5.69 Å². The summed E-state index contributed by atoms with van der Waals surface area (Å²) in [4.78, 5) is 54.0. The van der Waals surface area contributed by atoms with Crippen molar-refractivity contribution in [1.82, 2.24) is 14.1 Å². The van der Waals surface area contributed by atoms with Crippen LogP contribution in [0, 0.1) is 17.0 Å². The molecule has 0 fully saturated rings. The van der Waals surface area contributed by atoms with E-state index in [1.807, 2.05) is 0 Å².